The van der Waals surface area contributed by atoms with Crippen LogP contribution < -0.4 is 0 Å². The van der Waals surface area contributed by atoms with Crippen LogP contribution in [0.15, 0.2) is 22.7 Å². The standard InChI is InChI=1S/C12H13BrN2O4S/c13-11-8(2-1-3-9(11)15(18)19)6-14-4-5-20-7-10(14)12(16)17/h1-3,10H,4-7H2,(H,16,17). The number of carbonyl (C=O) groups is 1. The fourth-order valence-electron chi connectivity index (χ4n) is 2.10. The van der Waals surface area contributed by atoms with Crippen LogP contribution >= 0.6 is 27.7 Å². The van der Waals surface area contributed by atoms with Crippen LogP contribution in [0.3, 0.4) is 0 Å². The summed E-state index contributed by atoms with van der Waals surface area (Å²) in [7, 11) is 0. The van der Waals surface area contributed by atoms with Crippen LogP contribution in [-0.2, 0) is 11.3 Å². The summed E-state index contributed by atoms with van der Waals surface area (Å²) >= 11 is 4.86. The van der Waals surface area contributed by atoms with Gasteiger partial charge in [-0.1, -0.05) is 12.1 Å². The third-order valence-corrected chi connectivity index (χ3v) is 5.09. The topological polar surface area (TPSA) is 83.7 Å². The van der Waals surface area contributed by atoms with E-state index in [2.05, 4.69) is 15.9 Å². The highest BCUT2D eigenvalue weighted by molar-refractivity contribution is 9.10. The number of halogens is 1. The van der Waals surface area contributed by atoms with Gasteiger partial charge in [0.05, 0.1) is 9.40 Å². The molecule has 0 amide bonds. The number of benzene rings is 1. The minimum atomic E-state index is -0.848. The van der Waals surface area contributed by atoms with Crippen LogP contribution in [0, 0.1) is 10.1 Å². The normalized spacial score (nSPS) is 19.8. The van der Waals surface area contributed by atoms with Crippen molar-refractivity contribution in [1.29, 1.82) is 0 Å². The zero-order chi connectivity index (χ0) is 14.7. The van der Waals surface area contributed by atoms with Crippen molar-refractivity contribution in [2.45, 2.75) is 12.6 Å². The Morgan fingerprint density at radius 3 is 3.00 bits per heavy atom. The summed E-state index contributed by atoms with van der Waals surface area (Å²) in [6, 6.07) is 4.28. The molecule has 1 saturated heterocycles. The summed E-state index contributed by atoms with van der Waals surface area (Å²) in [6.07, 6.45) is 0. The third kappa shape index (κ3) is 3.31. The maximum atomic E-state index is 11.2. The molecule has 0 spiro atoms. The van der Waals surface area contributed by atoms with Gasteiger partial charge in [0.2, 0.25) is 0 Å². The highest BCUT2D eigenvalue weighted by Gasteiger charge is 2.29. The maximum absolute atomic E-state index is 11.2. The Morgan fingerprint density at radius 1 is 1.60 bits per heavy atom. The van der Waals surface area contributed by atoms with Crippen LogP contribution in [0.4, 0.5) is 5.69 Å². The molecule has 0 bridgehead atoms. The van der Waals surface area contributed by atoms with Crippen molar-refractivity contribution in [2.75, 3.05) is 18.1 Å². The molecule has 1 aliphatic heterocycles. The summed E-state index contributed by atoms with van der Waals surface area (Å²) in [6.45, 7) is 1.05. The van der Waals surface area contributed by atoms with Crippen molar-refractivity contribution in [3.8, 4) is 0 Å². The molecule has 108 valence electrons. The summed E-state index contributed by atoms with van der Waals surface area (Å²) < 4.78 is 0.423. The molecule has 0 saturated carbocycles. The molecule has 0 aromatic heterocycles. The van der Waals surface area contributed by atoms with E-state index in [4.69, 9.17) is 0 Å². The minimum Gasteiger partial charge on any atom is -0.480 e. The van der Waals surface area contributed by atoms with E-state index in [1.165, 1.54) is 6.07 Å². The van der Waals surface area contributed by atoms with Crippen LogP contribution in [0.1, 0.15) is 5.56 Å². The van der Waals surface area contributed by atoms with Gasteiger partial charge in [0.25, 0.3) is 5.69 Å². The van der Waals surface area contributed by atoms with Crippen molar-refractivity contribution in [3.05, 3.63) is 38.3 Å². The number of carboxylic acids is 1. The van der Waals surface area contributed by atoms with Gasteiger partial charge in [0, 0.05) is 30.7 Å². The maximum Gasteiger partial charge on any atom is 0.321 e. The van der Waals surface area contributed by atoms with Gasteiger partial charge in [-0.3, -0.25) is 19.8 Å². The Balaban J connectivity index is 2.22. The number of nitrogens with zero attached hydrogens (tertiary/aromatic N) is 2. The van der Waals surface area contributed by atoms with E-state index in [9.17, 15) is 20.0 Å². The van der Waals surface area contributed by atoms with Crippen LogP contribution in [0.2, 0.25) is 0 Å². The summed E-state index contributed by atoms with van der Waals surface area (Å²) in [4.78, 5) is 23.5. The highest BCUT2D eigenvalue weighted by atomic mass is 79.9. The lowest BCUT2D eigenvalue weighted by atomic mass is 10.1. The van der Waals surface area contributed by atoms with Gasteiger partial charge in [-0.25, -0.2) is 0 Å². The Bertz CT molecular complexity index is 540. The lowest BCUT2D eigenvalue weighted by Gasteiger charge is -2.32. The zero-order valence-corrected chi connectivity index (χ0v) is 12.9. The molecule has 1 fully saturated rings. The number of thioether (sulfide) groups is 1. The quantitative estimate of drug-likeness (QED) is 0.655. The Labute approximate surface area is 128 Å². The number of carboxylic acid groups (broad SMARTS) is 1. The van der Waals surface area contributed by atoms with E-state index in [0.717, 1.165) is 11.3 Å². The number of nitro benzene ring substituents is 1. The van der Waals surface area contributed by atoms with Gasteiger partial charge in [-0.2, -0.15) is 11.8 Å². The van der Waals surface area contributed by atoms with Crippen molar-refractivity contribution in [2.24, 2.45) is 0 Å². The number of rotatable bonds is 4. The number of nitro groups is 1. The monoisotopic (exact) mass is 360 g/mol. The lowest BCUT2D eigenvalue weighted by Crippen LogP contribution is -2.46. The van der Waals surface area contributed by atoms with Crippen molar-refractivity contribution < 1.29 is 14.8 Å². The largest absolute Gasteiger partial charge is 0.480 e. The van der Waals surface area contributed by atoms with Gasteiger partial charge in [-0.05, 0) is 21.5 Å². The first kappa shape index (κ1) is 15.3. The summed E-state index contributed by atoms with van der Waals surface area (Å²) in [5.74, 6) is 0.567. The average Bonchev–Trinajstić information content (AvgIpc) is 2.41. The molecule has 1 aromatic rings. The number of aliphatic carboxylic acids is 1. The summed E-state index contributed by atoms with van der Waals surface area (Å²) in [5, 5.41) is 20.1. The van der Waals surface area contributed by atoms with Crippen molar-refractivity contribution in [1.82, 2.24) is 4.90 Å². The van der Waals surface area contributed by atoms with E-state index in [1.807, 2.05) is 4.90 Å². The van der Waals surface area contributed by atoms with Gasteiger partial charge < -0.3 is 5.11 Å². The number of hydrogen-bond acceptors (Lipinski definition) is 5. The van der Waals surface area contributed by atoms with Gasteiger partial charge in [-0.15, -0.1) is 0 Å². The van der Waals surface area contributed by atoms with E-state index in [0.29, 0.717) is 23.3 Å². The molecule has 0 aliphatic carbocycles. The summed E-state index contributed by atoms with van der Waals surface area (Å²) in [5.41, 5.74) is 0.734. The zero-order valence-electron chi connectivity index (χ0n) is 10.5. The smallest absolute Gasteiger partial charge is 0.321 e. The SMILES string of the molecule is O=C(O)C1CSCCN1Cc1cccc([N+](=O)[O-])c1Br. The Kier molecular flexibility index (Phi) is 5.00. The van der Waals surface area contributed by atoms with E-state index < -0.39 is 16.9 Å². The predicted molar refractivity (Wildman–Crippen MR) is 80.0 cm³/mol. The van der Waals surface area contributed by atoms with Crippen molar-refractivity contribution >= 4 is 39.3 Å². The fourth-order valence-corrected chi connectivity index (χ4v) is 3.74. The van der Waals surface area contributed by atoms with Crippen LogP contribution in [0.5, 0.6) is 0 Å². The molecule has 1 aliphatic rings. The predicted octanol–water partition coefficient (Wildman–Crippen LogP) is 2.36. The second-order valence-corrected chi connectivity index (χ2v) is 6.35. The molecule has 0 radical (unpaired) electrons. The first-order valence-corrected chi connectivity index (χ1v) is 7.92. The van der Waals surface area contributed by atoms with Crippen LogP contribution in [0.25, 0.3) is 0 Å². The molecule has 1 aromatic carbocycles. The molecular weight excluding hydrogens is 348 g/mol. The molecule has 8 heteroatoms. The molecule has 1 atom stereocenters. The van der Waals surface area contributed by atoms with Gasteiger partial charge in [0.1, 0.15) is 6.04 Å². The van der Waals surface area contributed by atoms with Gasteiger partial charge >= 0.3 is 5.97 Å². The minimum absolute atomic E-state index is 0.000703. The highest BCUT2D eigenvalue weighted by Crippen LogP contribution is 2.30. The fraction of sp³-hybridized carbons (Fsp3) is 0.417. The molecule has 1 heterocycles. The third-order valence-electron chi connectivity index (χ3n) is 3.15. The molecular formula is C12H13BrN2O4S. The molecule has 1 unspecified atom stereocenters. The van der Waals surface area contributed by atoms with E-state index in [-0.39, 0.29) is 5.69 Å². The number of hydrogen-bond donors (Lipinski definition) is 1. The van der Waals surface area contributed by atoms with E-state index >= 15 is 0 Å². The van der Waals surface area contributed by atoms with E-state index in [1.54, 1.807) is 23.9 Å². The molecule has 20 heavy (non-hydrogen) atoms. The first-order valence-electron chi connectivity index (χ1n) is 5.97. The van der Waals surface area contributed by atoms with Gasteiger partial charge in [0.15, 0.2) is 0 Å². The average molecular weight is 361 g/mol. The Morgan fingerprint density at radius 2 is 2.35 bits per heavy atom. The second-order valence-electron chi connectivity index (χ2n) is 4.41. The molecule has 2 rings (SSSR count). The Hall–Kier alpha value is -1.12. The molecule has 1 N–H and O–H groups in total. The molecule has 6 nitrogen and oxygen atoms in total. The first-order chi connectivity index (χ1) is 9.50. The van der Waals surface area contributed by atoms with Crippen LogP contribution in [-0.4, -0.2) is 45.0 Å². The van der Waals surface area contributed by atoms with Crippen molar-refractivity contribution in [3.63, 3.8) is 0 Å². The second kappa shape index (κ2) is 6.55. The lowest BCUT2D eigenvalue weighted by molar-refractivity contribution is -0.385.